The Labute approximate surface area is 181 Å². The van der Waals surface area contributed by atoms with Gasteiger partial charge in [0, 0.05) is 17.3 Å². The van der Waals surface area contributed by atoms with Crippen molar-refractivity contribution in [1.29, 1.82) is 0 Å². The summed E-state index contributed by atoms with van der Waals surface area (Å²) >= 11 is 0. The first-order valence-electron chi connectivity index (χ1n) is 9.86. The Morgan fingerprint density at radius 1 is 1.00 bits per heavy atom. The summed E-state index contributed by atoms with van der Waals surface area (Å²) in [6.07, 6.45) is 1.74. The van der Waals surface area contributed by atoms with Gasteiger partial charge >= 0.3 is 0 Å². The number of benzene rings is 3. The summed E-state index contributed by atoms with van der Waals surface area (Å²) in [6.45, 7) is 0.238. The highest BCUT2D eigenvalue weighted by Crippen LogP contribution is 2.27. The van der Waals surface area contributed by atoms with E-state index < -0.39 is 0 Å². The Morgan fingerprint density at radius 2 is 1.74 bits per heavy atom. The fourth-order valence-electron chi connectivity index (χ4n) is 3.12. The smallest absolute Gasteiger partial charge is 0.255 e. The van der Waals surface area contributed by atoms with Crippen molar-refractivity contribution in [3.8, 4) is 34.5 Å². The number of carbonyl (C=O) groups excluding carboxylic acids is 1. The van der Waals surface area contributed by atoms with Crippen LogP contribution in [0.15, 0.2) is 91.1 Å². The molecule has 5 heteroatoms. The maximum Gasteiger partial charge on any atom is 0.255 e. The van der Waals surface area contributed by atoms with Gasteiger partial charge in [0.15, 0.2) is 0 Å². The number of ether oxygens (including phenoxy) is 1. The molecule has 0 aliphatic rings. The number of para-hydroxylation sites is 1. The van der Waals surface area contributed by atoms with Gasteiger partial charge in [0.1, 0.15) is 11.4 Å². The average Bonchev–Trinajstić information content (AvgIpc) is 3.29. The Kier molecular flexibility index (Phi) is 6.10. The van der Waals surface area contributed by atoms with Gasteiger partial charge in [0.05, 0.1) is 24.9 Å². The lowest BCUT2D eigenvalue weighted by Crippen LogP contribution is -2.23. The molecule has 0 aliphatic heterocycles. The van der Waals surface area contributed by atoms with E-state index in [-0.39, 0.29) is 12.5 Å². The van der Waals surface area contributed by atoms with Crippen LogP contribution in [0.3, 0.4) is 0 Å². The van der Waals surface area contributed by atoms with Gasteiger partial charge in [-0.25, -0.2) is 4.68 Å². The van der Waals surface area contributed by atoms with Crippen LogP contribution in [-0.4, -0.2) is 29.3 Å². The van der Waals surface area contributed by atoms with E-state index in [1.165, 1.54) is 0 Å². The molecule has 0 spiro atoms. The van der Waals surface area contributed by atoms with Crippen LogP contribution in [0, 0.1) is 11.8 Å². The third-order valence-corrected chi connectivity index (χ3v) is 4.67. The molecule has 1 N–H and O–H groups in total. The van der Waals surface area contributed by atoms with Crippen LogP contribution < -0.4 is 10.1 Å². The number of methoxy groups -OCH3 is 1. The molecule has 0 saturated heterocycles. The molecule has 31 heavy (non-hydrogen) atoms. The number of carbonyl (C=O) groups is 1. The molecule has 1 amide bonds. The van der Waals surface area contributed by atoms with Crippen molar-refractivity contribution in [2.24, 2.45) is 0 Å². The van der Waals surface area contributed by atoms with Crippen molar-refractivity contribution in [2.45, 2.75) is 0 Å². The molecule has 0 fully saturated rings. The third-order valence-electron chi connectivity index (χ3n) is 4.67. The Bertz CT molecular complexity index is 1240. The van der Waals surface area contributed by atoms with Crippen LogP contribution in [0.2, 0.25) is 0 Å². The molecule has 1 heterocycles. The first kappa shape index (κ1) is 20.0. The van der Waals surface area contributed by atoms with E-state index in [1.807, 2.05) is 84.9 Å². The molecule has 4 aromatic rings. The van der Waals surface area contributed by atoms with Crippen molar-refractivity contribution >= 4 is 5.91 Å². The van der Waals surface area contributed by atoms with E-state index in [9.17, 15) is 4.79 Å². The monoisotopic (exact) mass is 407 g/mol. The molecule has 4 rings (SSSR count). The van der Waals surface area contributed by atoms with E-state index in [1.54, 1.807) is 18.0 Å². The second kappa shape index (κ2) is 9.47. The summed E-state index contributed by atoms with van der Waals surface area (Å²) in [4.78, 5) is 13.0. The van der Waals surface area contributed by atoms with Gasteiger partial charge in [-0.05, 0) is 36.4 Å². The van der Waals surface area contributed by atoms with Crippen LogP contribution >= 0.6 is 0 Å². The third kappa shape index (κ3) is 4.82. The van der Waals surface area contributed by atoms with Crippen molar-refractivity contribution in [2.75, 3.05) is 13.7 Å². The van der Waals surface area contributed by atoms with Gasteiger partial charge < -0.3 is 10.1 Å². The van der Waals surface area contributed by atoms with E-state index >= 15 is 0 Å². The maximum absolute atomic E-state index is 13.0. The molecule has 152 valence electrons. The molecule has 0 unspecified atom stereocenters. The van der Waals surface area contributed by atoms with Gasteiger partial charge in [0.2, 0.25) is 0 Å². The zero-order valence-corrected chi connectivity index (χ0v) is 17.1. The number of hydrogen-bond acceptors (Lipinski definition) is 3. The molecular formula is C26H21N3O2. The van der Waals surface area contributed by atoms with Crippen molar-refractivity contribution in [1.82, 2.24) is 15.1 Å². The number of hydrogen-bond donors (Lipinski definition) is 1. The summed E-state index contributed by atoms with van der Waals surface area (Å²) < 4.78 is 7.04. The molecule has 0 saturated carbocycles. The molecule has 0 aliphatic carbocycles. The van der Waals surface area contributed by atoms with Gasteiger partial charge in [-0.3, -0.25) is 4.79 Å². The molecule has 1 aromatic heterocycles. The number of amides is 1. The van der Waals surface area contributed by atoms with E-state index in [0.717, 1.165) is 16.8 Å². The topological polar surface area (TPSA) is 56.2 Å². The van der Waals surface area contributed by atoms with Crippen molar-refractivity contribution < 1.29 is 9.53 Å². The summed E-state index contributed by atoms with van der Waals surface area (Å²) in [7, 11) is 1.61. The maximum atomic E-state index is 13.0. The van der Waals surface area contributed by atoms with Gasteiger partial charge in [-0.2, -0.15) is 5.10 Å². The zero-order valence-electron chi connectivity index (χ0n) is 17.1. The summed E-state index contributed by atoms with van der Waals surface area (Å²) in [5, 5.41) is 7.56. The summed E-state index contributed by atoms with van der Waals surface area (Å²) in [6, 6.07) is 26.9. The fraction of sp³-hybridized carbons (Fsp3) is 0.0769. The van der Waals surface area contributed by atoms with Gasteiger partial charge in [-0.15, -0.1) is 0 Å². The Morgan fingerprint density at radius 3 is 2.48 bits per heavy atom. The van der Waals surface area contributed by atoms with Gasteiger partial charge in [0.25, 0.3) is 5.91 Å². The first-order valence-corrected chi connectivity index (χ1v) is 9.86. The highest BCUT2D eigenvalue weighted by molar-refractivity contribution is 6.00. The number of nitrogens with one attached hydrogen (secondary N) is 1. The van der Waals surface area contributed by atoms with Crippen LogP contribution in [0.4, 0.5) is 0 Å². The molecule has 0 radical (unpaired) electrons. The normalized spacial score (nSPS) is 10.1. The largest absolute Gasteiger partial charge is 0.497 e. The second-order valence-corrected chi connectivity index (χ2v) is 6.75. The summed E-state index contributed by atoms with van der Waals surface area (Å²) in [5.74, 6) is 6.50. The van der Waals surface area contributed by atoms with Gasteiger partial charge in [-0.1, -0.05) is 60.4 Å². The highest BCUT2D eigenvalue weighted by atomic mass is 16.5. The van der Waals surface area contributed by atoms with Crippen molar-refractivity contribution in [3.05, 3.63) is 102 Å². The lowest BCUT2D eigenvalue weighted by molar-refractivity contribution is 0.0959. The standard InChI is InChI=1S/C26H21N3O2/c1-31-23-16-8-13-21(18-23)25-24(19-29(28-25)22-14-6-3-7-15-22)26(30)27-17-9-12-20-10-4-2-5-11-20/h2-8,10-11,13-16,18-19H,17H2,1H3,(H,27,30). The minimum Gasteiger partial charge on any atom is -0.497 e. The molecule has 5 nitrogen and oxygen atoms in total. The zero-order chi connectivity index (χ0) is 21.5. The predicted molar refractivity (Wildman–Crippen MR) is 121 cm³/mol. The second-order valence-electron chi connectivity index (χ2n) is 6.75. The minimum atomic E-state index is -0.234. The van der Waals surface area contributed by atoms with Crippen LogP contribution in [0.1, 0.15) is 15.9 Å². The van der Waals surface area contributed by atoms with E-state index in [4.69, 9.17) is 4.74 Å². The Hall–Kier alpha value is -4.30. The van der Waals surface area contributed by atoms with Crippen molar-refractivity contribution in [3.63, 3.8) is 0 Å². The lowest BCUT2D eigenvalue weighted by atomic mass is 10.1. The molecular weight excluding hydrogens is 386 g/mol. The first-order chi connectivity index (χ1) is 15.2. The number of nitrogens with zero attached hydrogens (tertiary/aromatic N) is 2. The summed E-state index contributed by atoms with van der Waals surface area (Å²) in [5.41, 5.74) is 3.63. The van der Waals surface area contributed by atoms with E-state index in [0.29, 0.717) is 17.0 Å². The van der Waals surface area contributed by atoms with Crippen LogP contribution in [0.25, 0.3) is 16.9 Å². The number of aromatic nitrogens is 2. The SMILES string of the molecule is COc1cccc(-c2nn(-c3ccccc3)cc2C(=O)NCC#Cc2ccccc2)c1. The van der Waals surface area contributed by atoms with Crippen LogP contribution in [0.5, 0.6) is 5.75 Å². The fourth-order valence-corrected chi connectivity index (χ4v) is 3.12. The number of rotatable bonds is 5. The predicted octanol–water partition coefficient (Wildman–Crippen LogP) is 4.33. The molecule has 0 atom stereocenters. The Balaban J connectivity index is 1.62. The van der Waals surface area contributed by atoms with E-state index in [2.05, 4.69) is 22.3 Å². The lowest BCUT2D eigenvalue weighted by Gasteiger charge is -2.05. The highest BCUT2D eigenvalue weighted by Gasteiger charge is 2.18. The average molecular weight is 407 g/mol. The quantitative estimate of drug-likeness (QED) is 0.501. The molecule has 3 aromatic carbocycles. The molecule has 0 bridgehead atoms. The van der Waals surface area contributed by atoms with Crippen LogP contribution in [-0.2, 0) is 0 Å². The minimum absolute atomic E-state index is 0.234.